The smallest absolute Gasteiger partial charge is 0.240 e. The van der Waals surface area contributed by atoms with Gasteiger partial charge in [0.25, 0.3) is 0 Å². The molecule has 1 saturated heterocycles. The van der Waals surface area contributed by atoms with Gasteiger partial charge in [-0.2, -0.15) is 5.26 Å². The lowest BCUT2D eigenvalue weighted by Gasteiger charge is -2.33. The van der Waals surface area contributed by atoms with Crippen molar-refractivity contribution in [3.05, 3.63) is 0 Å². The van der Waals surface area contributed by atoms with E-state index >= 15 is 0 Å². The fourth-order valence-electron chi connectivity index (χ4n) is 3.43. The third-order valence-corrected chi connectivity index (χ3v) is 4.25. The SMILES string of the molecule is CC1CN(C)C(=O)C(CC#N)N(C2CCCC2)C1. The molecule has 0 aromatic rings. The Kier molecular flexibility index (Phi) is 4.23. The van der Waals surface area contributed by atoms with Crippen molar-refractivity contribution in [3.8, 4) is 6.07 Å². The van der Waals surface area contributed by atoms with Crippen molar-refractivity contribution in [1.29, 1.82) is 5.26 Å². The van der Waals surface area contributed by atoms with E-state index in [1.165, 1.54) is 25.7 Å². The van der Waals surface area contributed by atoms with Crippen molar-refractivity contribution in [2.24, 2.45) is 5.92 Å². The maximum absolute atomic E-state index is 12.4. The maximum atomic E-state index is 12.4. The summed E-state index contributed by atoms with van der Waals surface area (Å²) in [6.45, 7) is 3.96. The summed E-state index contributed by atoms with van der Waals surface area (Å²) in [6.07, 6.45) is 5.22. The van der Waals surface area contributed by atoms with Crippen LogP contribution in [0.5, 0.6) is 0 Å². The largest absolute Gasteiger partial charge is 0.344 e. The minimum Gasteiger partial charge on any atom is -0.344 e. The van der Waals surface area contributed by atoms with Gasteiger partial charge in [-0.05, 0) is 18.8 Å². The van der Waals surface area contributed by atoms with Gasteiger partial charge in [-0.15, -0.1) is 0 Å². The first-order valence-electron chi connectivity index (χ1n) is 7.01. The fraction of sp³-hybridized carbons (Fsp3) is 0.857. The molecule has 1 aliphatic heterocycles. The summed E-state index contributed by atoms with van der Waals surface area (Å²) in [5.74, 6) is 0.621. The number of carbonyl (C=O) groups excluding carboxylic acids is 1. The van der Waals surface area contributed by atoms with Gasteiger partial charge < -0.3 is 4.90 Å². The van der Waals surface area contributed by atoms with Crippen molar-refractivity contribution in [2.75, 3.05) is 20.1 Å². The van der Waals surface area contributed by atoms with E-state index in [2.05, 4.69) is 17.9 Å². The molecule has 0 spiro atoms. The Labute approximate surface area is 110 Å². The molecule has 0 N–H and O–H groups in total. The molecule has 1 amide bonds. The predicted molar refractivity (Wildman–Crippen MR) is 69.8 cm³/mol. The maximum Gasteiger partial charge on any atom is 0.240 e. The molecular formula is C14H23N3O. The summed E-state index contributed by atoms with van der Waals surface area (Å²) in [7, 11) is 1.86. The molecule has 1 aliphatic carbocycles. The molecule has 2 fully saturated rings. The van der Waals surface area contributed by atoms with Gasteiger partial charge in [0, 0.05) is 26.2 Å². The second-order valence-electron chi connectivity index (χ2n) is 5.84. The lowest BCUT2D eigenvalue weighted by Crippen LogP contribution is -2.48. The number of nitrogens with zero attached hydrogens (tertiary/aromatic N) is 3. The number of likely N-dealkylation sites (N-methyl/N-ethyl adjacent to an activating group) is 1. The van der Waals surface area contributed by atoms with Gasteiger partial charge in [0.1, 0.15) is 6.04 Å². The topological polar surface area (TPSA) is 47.3 Å². The van der Waals surface area contributed by atoms with Gasteiger partial charge in [0.05, 0.1) is 12.5 Å². The highest BCUT2D eigenvalue weighted by atomic mass is 16.2. The summed E-state index contributed by atoms with van der Waals surface area (Å²) in [5, 5.41) is 8.99. The molecule has 0 bridgehead atoms. The Morgan fingerprint density at radius 3 is 2.61 bits per heavy atom. The third-order valence-electron chi connectivity index (χ3n) is 4.25. The van der Waals surface area contributed by atoms with Crippen LogP contribution >= 0.6 is 0 Å². The fourth-order valence-corrected chi connectivity index (χ4v) is 3.43. The minimum absolute atomic E-state index is 0.132. The monoisotopic (exact) mass is 249 g/mol. The van der Waals surface area contributed by atoms with E-state index in [1.54, 1.807) is 0 Å². The first kappa shape index (κ1) is 13.4. The zero-order chi connectivity index (χ0) is 13.1. The lowest BCUT2D eigenvalue weighted by molar-refractivity contribution is -0.134. The first-order chi connectivity index (χ1) is 8.63. The van der Waals surface area contributed by atoms with Crippen LogP contribution in [-0.4, -0.2) is 47.9 Å². The van der Waals surface area contributed by atoms with Crippen molar-refractivity contribution in [2.45, 2.75) is 51.1 Å². The standard InChI is InChI=1S/C14H23N3O/c1-11-9-16(2)14(18)13(7-8-15)17(10-11)12-5-3-4-6-12/h11-13H,3-7,9-10H2,1-2H3. The molecule has 2 atom stereocenters. The Morgan fingerprint density at radius 1 is 1.33 bits per heavy atom. The number of hydrogen-bond donors (Lipinski definition) is 0. The number of hydrogen-bond acceptors (Lipinski definition) is 3. The van der Waals surface area contributed by atoms with E-state index in [9.17, 15) is 4.79 Å². The van der Waals surface area contributed by atoms with Crippen molar-refractivity contribution >= 4 is 5.91 Å². The zero-order valence-electron chi connectivity index (χ0n) is 11.4. The molecular weight excluding hydrogens is 226 g/mol. The average molecular weight is 249 g/mol. The molecule has 2 unspecified atom stereocenters. The molecule has 0 aromatic carbocycles. The Balaban J connectivity index is 2.20. The van der Waals surface area contributed by atoms with Gasteiger partial charge in [0.2, 0.25) is 5.91 Å². The molecule has 4 heteroatoms. The van der Waals surface area contributed by atoms with Gasteiger partial charge in [-0.25, -0.2) is 0 Å². The molecule has 4 nitrogen and oxygen atoms in total. The average Bonchev–Trinajstić information content (AvgIpc) is 2.83. The van der Waals surface area contributed by atoms with Crippen LogP contribution < -0.4 is 0 Å². The van der Waals surface area contributed by atoms with Crippen molar-refractivity contribution in [1.82, 2.24) is 9.80 Å². The van der Waals surface area contributed by atoms with E-state index in [4.69, 9.17) is 5.26 Å². The predicted octanol–water partition coefficient (Wildman–Crippen LogP) is 1.62. The third kappa shape index (κ3) is 2.67. The highest BCUT2D eigenvalue weighted by Crippen LogP contribution is 2.29. The highest BCUT2D eigenvalue weighted by Gasteiger charge is 2.37. The van der Waals surface area contributed by atoms with Crippen LogP contribution in [0.2, 0.25) is 0 Å². The molecule has 100 valence electrons. The van der Waals surface area contributed by atoms with Crippen LogP contribution in [0.25, 0.3) is 0 Å². The van der Waals surface area contributed by atoms with E-state index in [0.29, 0.717) is 18.4 Å². The van der Waals surface area contributed by atoms with Crippen LogP contribution in [-0.2, 0) is 4.79 Å². The summed E-state index contributed by atoms with van der Waals surface area (Å²) in [6, 6.07) is 2.50. The highest BCUT2D eigenvalue weighted by molar-refractivity contribution is 5.82. The Morgan fingerprint density at radius 2 is 2.00 bits per heavy atom. The molecule has 2 aliphatic rings. The van der Waals surface area contributed by atoms with Gasteiger partial charge in [-0.1, -0.05) is 19.8 Å². The quantitative estimate of drug-likeness (QED) is 0.747. The van der Waals surface area contributed by atoms with Crippen LogP contribution in [0.15, 0.2) is 0 Å². The Hall–Kier alpha value is -1.08. The molecule has 1 heterocycles. The Bertz CT molecular complexity index is 343. The first-order valence-corrected chi connectivity index (χ1v) is 7.01. The summed E-state index contributed by atoms with van der Waals surface area (Å²) >= 11 is 0. The molecule has 2 rings (SSSR count). The second-order valence-corrected chi connectivity index (χ2v) is 5.84. The minimum atomic E-state index is -0.215. The van der Waals surface area contributed by atoms with Crippen LogP contribution in [0.1, 0.15) is 39.0 Å². The number of carbonyl (C=O) groups is 1. The van der Waals surface area contributed by atoms with Crippen LogP contribution in [0.3, 0.4) is 0 Å². The molecule has 0 radical (unpaired) electrons. The van der Waals surface area contributed by atoms with Gasteiger partial charge in [0.15, 0.2) is 0 Å². The number of rotatable bonds is 2. The van der Waals surface area contributed by atoms with Gasteiger partial charge in [-0.3, -0.25) is 9.69 Å². The molecule has 0 aromatic heterocycles. The van der Waals surface area contributed by atoms with E-state index < -0.39 is 0 Å². The normalized spacial score (nSPS) is 31.4. The summed E-state index contributed by atoms with van der Waals surface area (Å²) in [5.41, 5.74) is 0. The molecule has 1 saturated carbocycles. The summed E-state index contributed by atoms with van der Waals surface area (Å²) < 4.78 is 0. The summed E-state index contributed by atoms with van der Waals surface area (Å²) in [4.78, 5) is 16.5. The van der Waals surface area contributed by atoms with E-state index in [0.717, 1.165) is 13.1 Å². The number of nitriles is 1. The lowest BCUT2D eigenvalue weighted by atomic mass is 10.1. The van der Waals surface area contributed by atoms with Crippen LogP contribution in [0.4, 0.5) is 0 Å². The number of amides is 1. The van der Waals surface area contributed by atoms with E-state index in [1.807, 2.05) is 11.9 Å². The zero-order valence-corrected chi connectivity index (χ0v) is 11.4. The van der Waals surface area contributed by atoms with Crippen LogP contribution in [0, 0.1) is 17.2 Å². The van der Waals surface area contributed by atoms with E-state index in [-0.39, 0.29) is 11.9 Å². The van der Waals surface area contributed by atoms with Gasteiger partial charge >= 0.3 is 0 Å². The van der Waals surface area contributed by atoms with Crippen molar-refractivity contribution in [3.63, 3.8) is 0 Å². The molecule has 18 heavy (non-hydrogen) atoms. The van der Waals surface area contributed by atoms with Crippen molar-refractivity contribution < 1.29 is 4.79 Å². The second kappa shape index (κ2) is 5.71.